The summed E-state index contributed by atoms with van der Waals surface area (Å²) in [6, 6.07) is 1.17. The van der Waals surface area contributed by atoms with Crippen LogP contribution in [0, 0.1) is 0 Å². The third kappa shape index (κ3) is 2.25. The van der Waals surface area contributed by atoms with Crippen LogP contribution in [0.2, 0.25) is 0 Å². The maximum Gasteiger partial charge on any atom is 0.276 e. The van der Waals surface area contributed by atoms with E-state index in [9.17, 15) is 9.90 Å². The smallest absolute Gasteiger partial charge is 0.276 e. The van der Waals surface area contributed by atoms with E-state index in [0.717, 1.165) is 0 Å². The van der Waals surface area contributed by atoms with Crippen LogP contribution in [0.4, 0.5) is 0 Å². The summed E-state index contributed by atoms with van der Waals surface area (Å²) in [6.07, 6.45) is 0. The van der Waals surface area contributed by atoms with Crippen molar-refractivity contribution in [2.45, 2.75) is 0 Å². The van der Waals surface area contributed by atoms with Crippen molar-refractivity contribution in [1.29, 1.82) is 0 Å². The van der Waals surface area contributed by atoms with Crippen LogP contribution in [0.25, 0.3) is 10.3 Å². The molecule has 7 heteroatoms. The van der Waals surface area contributed by atoms with Gasteiger partial charge in [0, 0.05) is 20.2 Å². The van der Waals surface area contributed by atoms with Crippen molar-refractivity contribution in [1.82, 2.24) is 9.55 Å². The first-order valence-electron chi connectivity index (χ1n) is 4.94. The first-order chi connectivity index (χ1) is 8.13. The van der Waals surface area contributed by atoms with Crippen LogP contribution in [-0.2, 0) is 11.8 Å². The number of ether oxygens (including phenoxy) is 2. The number of pyridine rings is 1. The van der Waals surface area contributed by atoms with E-state index in [4.69, 9.17) is 9.47 Å². The number of rotatable bonds is 4. The highest BCUT2D eigenvalue weighted by atomic mass is 32.1. The third-order valence-electron chi connectivity index (χ3n) is 2.24. The number of aromatic hydroxyl groups is 1. The fourth-order valence-electron chi connectivity index (χ4n) is 1.34. The molecule has 0 aliphatic rings. The molecule has 1 N–H and O–H groups in total. The maximum atomic E-state index is 11.4. The number of hydrogen-bond acceptors (Lipinski definition) is 6. The lowest BCUT2D eigenvalue weighted by Crippen LogP contribution is -2.15. The molecule has 0 amide bonds. The van der Waals surface area contributed by atoms with Crippen molar-refractivity contribution in [2.24, 2.45) is 7.05 Å². The molecule has 0 unspecified atom stereocenters. The topological polar surface area (TPSA) is 73.6 Å². The molecule has 0 spiro atoms. The van der Waals surface area contributed by atoms with Gasteiger partial charge in [-0.1, -0.05) is 11.3 Å². The lowest BCUT2D eigenvalue weighted by molar-refractivity contribution is 0.146. The van der Waals surface area contributed by atoms with Gasteiger partial charge in [0.1, 0.15) is 17.1 Å². The van der Waals surface area contributed by atoms with Crippen molar-refractivity contribution in [3.63, 3.8) is 0 Å². The Morgan fingerprint density at radius 2 is 2.29 bits per heavy atom. The molecule has 0 saturated heterocycles. The minimum Gasteiger partial charge on any atom is -0.506 e. The van der Waals surface area contributed by atoms with Gasteiger partial charge in [0.15, 0.2) is 5.65 Å². The van der Waals surface area contributed by atoms with Crippen LogP contribution in [0.5, 0.6) is 10.9 Å². The third-order valence-corrected chi connectivity index (χ3v) is 3.22. The average molecular weight is 256 g/mol. The lowest BCUT2D eigenvalue weighted by atomic mass is 10.4. The predicted molar refractivity (Wildman–Crippen MR) is 63.9 cm³/mol. The van der Waals surface area contributed by atoms with Crippen molar-refractivity contribution in [2.75, 3.05) is 20.3 Å². The van der Waals surface area contributed by atoms with Gasteiger partial charge >= 0.3 is 0 Å². The van der Waals surface area contributed by atoms with Crippen LogP contribution in [0.15, 0.2) is 10.9 Å². The van der Waals surface area contributed by atoms with Crippen molar-refractivity contribution >= 4 is 21.7 Å². The molecule has 0 saturated carbocycles. The fraction of sp³-hybridized carbons (Fsp3) is 0.400. The summed E-state index contributed by atoms with van der Waals surface area (Å²) >= 11 is 1.20. The van der Waals surface area contributed by atoms with Gasteiger partial charge in [-0.25, -0.2) is 0 Å². The second kappa shape index (κ2) is 4.72. The molecule has 92 valence electrons. The Morgan fingerprint density at radius 3 is 3.00 bits per heavy atom. The van der Waals surface area contributed by atoms with Crippen LogP contribution >= 0.6 is 11.3 Å². The number of aryl methyl sites for hydroxylation is 1. The SMILES string of the molecule is COCCOc1nc2c(s1)c(O)cc(=O)n2C. The number of fused-ring (bicyclic) bond motifs is 1. The van der Waals surface area contributed by atoms with Crippen molar-refractivity contribution in [3.8, 4) is 10.9 Å². The molecule has 0 atom stereocenters. The molecule has 0 bridgehead atoms. The van der Waals surface area contributed by atoms with Gasteiger partial charge in [-0.3, -0.25) is 9.36 Å². The standard InChI is InChI=1S/C10H12N2O4S/c1-12-7(14)5-6(13)8-9(12)11-10(17-8)16-4-3-15-2/h5,13H,3-4H2,1-2H3. The van der Waals surface area contributed by atoms with Gasteiger partial charge in [-0.15, -0.1) is 0 Å². The first kappa shape index (κ1) is 11.9. The molecular weight excluding hydrogens is 244 g/mol. The zero-order valence-electron chi connectivity index (χ0n) is 9.47. The number of thiazole rings is 1. The molecule has 2 aromatic rings. The first-order valence-corrected chi connectivity index (χ1v) is 5.76. The summed E-state index contributed by atoms with van der Waals surface area (Å²) in [4.78, 5) is 15.6. The van der Waals surface area contributed by atoms with Crippen molar-refractivity contribution < 1.29 is 14.6 Å². The highest BCUT2D eigenvalue weighted by molar-refractivity contribution is 7.20. The molecule has 2 rings (SSSR count). The van der Waals surface area contributed by atoms with E-state index >= 15 is 0 Å². The second-order valence-electron chi connectivity index (χ2n) is 3.40. The molecule has 17 heavy (non-hydrogen) atoms. The van der Waals surface area contributed by atoms with Gasteiger partial charge in [-0.2, -0.15) is 4.98 Å². The Bertz CT molecular complexity index is 590. The molecule has 0 aliphatic carbocycles. The van der Waals surface area contributed by atoms with E-state index in [1.807, 2.05) is 0 Å². The number of methoxy groups -OCH3 is 1. The maximum absolute atomic E-state index is 11.4. The van der Waals surface area contributed by atoms with Crippen LogP contribution < -0.4 is 10.3 Å². The zero-order valence-corrected chi connectivity index (χ0v) is 10.3. The van der Waals surface area contributed by atoms with E-state index in [-0.39, 0.29) is 11.3 Å². The zero-order chi connectivity index (χ0) is 12.4. The summed E-state index contributed by atoms with van der Waals surface area (Å²) < 4.78 is 12.1. The van der Waals surface area contributed by atoms with E-state index in [1.165, 1.54) is 22.0 Å². The summed E-state index contributed by atoms with van der Waals surface area (Å²) in [5, 5.41) is 10.0. The molecule has 2 heterocycles. The van der Waals surface area contributed by atoms with Crippen molar-refractivity contribution in [3.05, 3.63) is 16.4 Å². The van der Waals surface area contributed by atoms with E-state index in [1.54, 1.807) is 14.2 Å². The molecule has 0 aliphatic heterocycles. The van der Waals surface area contributed by atoms with E-state index in [0.29, 0.717) is 28.8 Å². The Labute approximate surface area is 101 Å². The predicted octanol–water partition coefficient (Wildman–Crippen LogP) is 0.726. The normalized spacial score (nSPS) is 10.9. The minimum atomic E-state index is -0.302. The van der Waals surface area contributed by atoms with Crippen LogP contribution in [0.1, 0.15) is 0 Å². The molecular formula is C10H12N2O4S. The summed E-state index contributed by atoms with van der Waals surface area (Å²) in [5.41, 5.74) is 0.121. The number of nitrogens with zero attached hydrogens (tertiary/aromatic N) is 2. The minimum absolute atomic E-state index is 0.0674. The number of aromatic nitrogens is 2. The van der Waals surface area contributed by atoms with Gasteiger partial charge in [-0.05, 0) is 0 Å². The monoisotopic (exact) mass is 256 g/mol. The Kier molecular flexibility index (Phi) is 3.30. The summed E-state index contributed by atoms with van der Waals surface area (Å²) in [5.74, 6) is -0.0674. The van der Waals surface area contributed by atoms with Gasteiger partial charge in [0.05, 0.1) is 6.61 Å². The van der Waals surface area contributed by atoms with E-state index < -0.39 is 0 Å². The molecule has 0 radical (unpaired) electrons. The molecule has 2 aromatic heterocycles. The Morgan fingerprint density at radius 1 is 1.53 bits per heavy atom. The summed E-state index contributed by atoms with van der Waals surface area (Å²) in [6.45, 7) is 0.839. The van der Waals surface area contributed by atoms with Crippen LogP contribution in [-0.4, -0.2) is 35.0 Å². The lowest BCUT2D eigenvalue weighted by Gasteiger charge is -1.99. The largest absolute Gasteiger partial charge is 0.506 e. The molecule has 0 aromatic carbocycles. The quantitative estimate of drug-likeness (QED) is 0.816. The van der Waals surface area contributed by atoms with Crippen LogP contribution in [0.3, 0.4) is 0 Å². The Hall–Kier alpha value is -1.60. The average Bonchev–Trinajstić information content (AvgIpc) is 2.71. The number of hydrogen-bond donors (Lipinski definition) is 1. The molecule has 6 nitrogen and oxygen atoms in total. The Balaban J connectivity index is 2.39. The highest BCUT2D eigenvalue weighted by Crippen LogP contribution is 2.32. The second-order valence-corrected chi connectivity index (χ2v) is 4.36. The van der Waals surface area contributed by atoms with Gasteiger partial charge in [0.2, 0.25) is 0 Å². The highest BCUT2D eigenvalue weighted by Gasteiger charge is 2.12. The van der Waals surface area contributed by atoms with Gasteiger partial charge in [0.25, 0.3) is 10.8 Å². The van der Waals surface area contributed by atoms with E-state index in [2.05, 4.69) is 4.98 Å². The summed E-state index contributed by atoms with van der Waals surface area (Å²) in [7, 11) is 3.18. The molecule has 0 fully saturated rings. The fourth-order valence-corrected chi connectivity index (χ4v) is 2.23. The van der Waals surface area contributed by atoms with Gasteiger partial charge < -0.3 is 14.6 Å².